The number of ether oxygens (including phenoxy) is 1. The van der Waals surface area contributed by atoms with Gasteiger partial charge in [0.2, 0.25) is 11.8 Å². The lowest BCUT2D eigenvalue weighted by atomic mass is 9.85. The largest absolute Gasteiger partial charge is 0.445 e. The fourth-order valence-corrected chi connectivity index (χ4v) is 5.23. The second-order valence-corrected chi connectivity index (χ2v) is 9.50. The highest BCUT2D eigenvalue weighted by molar-refractivity contribution is 5.97. The Morgan fingerprint density at radius 2 is 1.67 bits per heavy atom. The number of fused-ring (bicyclic) bond motifs is 1. The minimum absolute atomic E-state index is 0.0241. The van der Waals surface area contributed by atoms with Gasteiger partial charge >= 0.3 is 12.4 Å². The van der Waals surface area contributed by atoms with E-state index < -0.39 is 53.5 Å². The zero-order chi connectivity index (χ0) is 28.1. The molecule has 3 heterocycles. The first kappa shape index (κ1) is 26.9. The van der Waals surface area contributed by atoms with Crippen LogP contribution in [0.15, 0.2) is 65.4 Å². The van der Waals surface area contributed by atoms with E-state index in [1.807, 2.05) is 0 Å². The Kier molecular flexibility index (Phi) is 6.78. The third-order valence-electron chi connectivity index (χ3n) is 7.02. The lowest BCUT2D eigenvalue weighted by molar-refractivity contribution is -0.143. The second kappa shape index (κ2) is 9.82. The molecule has 3 aromatic rings. The monoisotopic (exact) mass is 554 g/mol. The van der Waals surface area contributed by atoms with Crippen LogP contribution in [0.3, 0.4) is 0 Å². The van der Waals surface area contributed by atoms with Gasteiger partial charge in [-0.25, -0.2) is 9.37 Å². The van der Waals surface area contributed by atoms with Gasteiger partial charge in [-0.2, -0.15) is 26.3 Å². The van der Waals surface area contributed by atoms with Gasteiger partial charge in [0.25, 0.3) is 0 Å². The maximum atomic E-state index is 13.7. The molecule has 5 nitrogen and oxygen atoms in total. The molecule has 0 saturated carbocycles. The Morgan fingerprint density at radius 1 is 1.03 bits per heavy atom. The fourth-order valence-electron chi connectivity index (χ4n) is 5.23. The van der Waals surface area contributed by atoms with E-state index in [2.05, 4.69) is 4.98 Å². The van der Waals surface area contributed by atoms with Gasteiger partial charge in [0, 0.05) is 30.2 Å². The molecule has 1 aromatic heterocycles. The molecule has 5 rings (SSSR count). The SMILES string of the molecule is C[C@@H](O[C@H]1CN2C(=O)C=C(c3ncco3)C[C@H]2C1c1ccc(F)cc1)c1cc(C(F)(F)F)cc(C(F)(F)F)c1. The molecule has 206 valence electrons. The molecule has 2 aliphatic heterocycles. The Morgan fingerprint density at radius 3 is 2.23 bits per heavy atom. The number of carbonyl (C=O) groups is 1. The molecule has 0 radical (unpaired) electrons. The molecular formula is C27H21F7N2O3. The molecule has 0 N–H and O–H groups in total. The van der Waals surface area contributed by atoms with Crippen molar-refractivity contribution >= 4 is 11.5 Å². The van der Waals surface area contributed by atoms with Crippen LogP contribution in [0.5, 0.6) is 0 Å². The topological polar surface area (TPSA) is 55.6 Å². The van der Waals surface area contributed by atoms with E-state index in [1.54, 1.807) is 0 Å². The van der Waals surface area contributed by atoms with Gasteiger partial charge in [-0.05, 0) is 54.8 Å². The number of alkyl halides is 6. The molecule has 1 fully saturated rings. The highest BCUT2D eigenvalue weighted by Gasteiger charge is 2.48. The van der Waals surface area contributed by atoms with Crippen molar-refractivity contribution < 1.29 is 44.7 Å². The number of oxazole rings is 1. The Hall–Kier alpha value is -3.67. The minimum Gasteiger partial charge on any atom is -0.445 e. The summed E-state index contributed by atoms with van der Waals surface area (Å²) in [7, 11) is 0. The van der Waals surface area contributed by atoms with E-state index in [1.165, 1.54) is 54.6 Å². The smallest absolute Gasteiger partial charge is 0.416 e. The van der Waals surface area contributed by atoms with Crippen molar-refractivity contribution in [1.29, 1.82) is 0 Å². The predicted octanol–water partition coefficient (Wildman–Crippen LogP) is 6.78. The number of rotatable bonds is 5. The fraction of sp³-hybridized carbons (Fsp3) is 0.333. The van der Waals surface area contributed by atoms with Crippen molar-refractivity contribution in [2.24, 2.45) is 0 Å². The van der Waals surface area contributed by atoms with Crippen LogP contribution in [0.25, 0.3) is 5.57 Å². The molecule has 4 atom stereocenters. The molecular weight excluding hydrogens is 533 g/mol. The lowest BCUT2D eigenvalue weighted by Gasteiger charge is -2.32. The normalized spacial score (nSPS) is 22.6. The van der Waals surface area contributed by atoms with Crippen LogP contribution in [-0.4, -0.2) is 34.5 Å². The van der Waals surface area contributed by atoms with Gasteiger partial charge in [-0.1, -0.05) is 12.1 Å². The number of hydrogen-bond donors (Lipinski definition) is 0. The first-order valence-electron chi connectivity index (χ1n) is 11.9. The number of hydrogen-bond acceptors (Lipinski definition) is 4. The molecule has 0 aliphatic carbocycles. The molecule has 2 aliphatic rings. The van der Waals surface area contributed by atoms with Crippen molar-refractivity contribution in [3.8, 4) is 0 Å². The van der Waals surface area contributed by atoms with Crippen LogP contribution in [0.4, 0.5) is 30.7 Å². The average molecular weight is 554 g/mol. The van der Waals surface area contributed by atoms with Gasteiger partial charge in [0.05, 0.1) is 29.5 Å². The second-order valence-electron chi connectivity index (χ2n) is 9.50. The quantitative estimate of drug-likeness (QED) is 0.327. The number of aromatic nitrogens is 1. The van der Waals surface area contributed by atoms with E-state index in [0.717, 1.165) is 0 Å². The summed E-state index contributed by atoms with van der Waals surface area (Å²) in [5.74, 6) is -1.18. The zero-order valence-corrected chi connectivity index (χ0v) is 20.3. The van der Waals surface area contributed by atoms with E-state index in [0.29, 0.717) is 29.7 Å². The standard InChI is InChI=1S/C27H21F7N2O3/c1-14(16-8-18(26(29,30)31)12-19(9-16)27(32,33)34)39-22-13-36-21(24(22)15-2-4-20(28)5-3-15)10-17(11-23(36)37)25-35-6-7-38-25/h2-9,11-12,14,21-22,24H,10,13H2,1H3/t14-,21+,22+,24?/m1/s1. The predicted molar refractivity (Wildman–Crippen MR) is 123 cm³/mol. The third kappa shape index (κ3) is 5.42. The van der Waals surface area contributed by atoms with Crippen molar-refractivity contribution in [1.82, 2.24) is 9.88 Å². The summed E-state index contributed by atoms with van der Waals surface area (Å²) >= 11 is 0. The molecule has 1 amide bonds. The summed E-state index contributed by atoms with van der Waals surface area (Å²) in [6, 6.07) is 6.31. The van der Waals surface area contributed by atoms with E-state index >= 15 is 0 Å². The maximum absolute atomic E-state index is 13.7. The summed E-state index contributed by atoms with van der Waals surface area (Å²) in [6.07, 6.45) is -7.57. The first-order chi connectivity index (χ1) is 18.3. The Labute approximate surface area is 217 Å². The van der Waals surface area contributed by atoms with Gasteiger partial charge in [0.15, 0.2) is 0 Å². The third-order valence-corrected chi connectivity index (χ3v) is 7.02. The molecule has 1 unspecified atom stereocenters. The number of halogens is 7. The van der Waals surface area contributed by atoms with Crippen LogP contribution in [-0.2, 0) is 21.9 Å². The van der Waals surface area contributed by atoms with Gasteiger partial charge in [-0.15, -0.1) is 0 Å². The Bertz CT molecular complexity index is 1350. The lowest BCUT2D eigenvalue weighted by Crippen LogP contribution is -2.39. The summed E-state index contributed by atoms with van der Waals surface area (Å²) < 4.78 is 106. The van der Waals surface area contributed by atoms with Crippen LogP contribution in [0, 0.1) is 5.82 Å². The van der Waals surface area contributed by atoms with Crippen LogP contribution >= 0.6 is 0 Å². The van der Waals surface area contributed by atoms with E-state index in [4.69, 9.17) is 9.15 Å². The van der Waals surface area contributed by atoms with Crippen molar-refractivity contribution in [2.75, 3.05) is 6.54 Å². The Balaban J connectivity index is 1.49. The summed E-state index contributed by atoms with van der Waals surface area (Å²) in [4.78, 5) is 18.7. The van der Waals surface area contributed by atoms with Gasteiger partial charge < -0.3 is 14.1 Å². The number of nitrogens with zero attached hydrogens (tertiary/aromatic N) is 2. The molecule has 0 bridgehead atoms. The number of carbonyl (C=O) groups excluding carboxylic acids is 1. The van der Waals surface area contributed by atoms with Crippen LogP contribution < -0.4 is 0 Å². The highest BCUT2D eigenvalue weighted by atomic mass is 19.4. The average Bonchev–Trinajstić information content (AvgIpc) is 3.52. The van der Waals surface area contributed by atoms with Crippen LogP contribution in [0.1, 0.15) is 53.5 Å². The minimum atomic E-state index is -5.01. The maximum Gasteiger partial charge on any atom is 0.416 e. The van der Waals surface area contributed by atoms with E-state index in [9.17, 15) is 35.5 Å². The molecule has 1 saturated heterocycles. The number of amides is 1. The van der Waals surface area contributed by atoms with E-state index in [-0.39, 0.29) is 30.0 Å². The zero-order valence-electron chi connectivity index (χ0n) is 20.3. The molecule has 12 heteroatoms. The van der Waals surface area contributed by atoms with Crippen molar-refractivity contribution in [3.63, 3.8) is 0 Å². The van der Waals surface area contributed by atoms with Crippen molar-refractivity contribution in [2.45, 2.75) is 49.9 Å². The van der Waals surface area contributed by atoms with Crippen molar-refractivity contribution in [3.05, 3.63) is 95.0 Å². The molecule has 2 aromatic carbocycles. The van der Waals surface area contributed by atoms with Crippen LogP contribution in [0.2, 0.25) is 0 Å². The van der Waals surface area contributed by atoms with Gasteiger partial charge in [-0.3, -0.25) is 4.79 Å². The van der Waals surface area contributed by atoms with Gasteiger partial charge in [0.1, 0.15) is 12.1 Å². The summed E-state index contributed by atoms with van der Waals surface area (Å²) in [5, 5.41) is 0. The molecule has 0 spiro atoms. The molecule has 39 heavy (non-hydrogen) atoms. The summed E-state index contributed by atoms with van der Waals surface area (Å²) in [5.41, 5.74) is -2.08. The first-order valence-corrected chi connectivity index (χ1v) is 11.9. The highest BCUT2D eigenvalue weighted by Crippen LogP contribution is 2.45. The summed E-state index contributed by atoms with van der Waals surface area (Å²) in [6.45, 7) is 1.38. The number of benzene rings is 2.